The maximum absolute atomic E-state index is 12.9. The second-order valence-electron chi connectivity index (χ2n) is 6.96. The molecule has 0 atom stereocenters. The summed E-state index contributed by atoms with van der Waals surface area (Å²) in [6, 6.07) is 12.8. The van der Waals surface area contributed by atoms with Crippen molar-refractivity contribution in [2.75, 3.05) is 12.4 Å². The van der Waals surface area contributed by atoms with E-state index < -0.39 is 10.8 Å². The number of non-ortho nitro benzene ring substituents is 1. The molecule has 33 heavy (non-hydrogen) atoms. The Morgan fingerprint density at radius 2 is 2.09 bits per heavy atom. The van der Waals surface area contributed by atoms with Gasteiger partial charge in [-0.1, -0.05) is 23.7 Å². The third-order valence-electron chi connectivity index (χ3n) is 4.96. The molecule has 0 fully saturated rings. The molecule has 2 aromatic heterocycles. The molecule has 0 aliphatic heterocycles. The maximum atomic E-state index is 12.9. The molecule has 0 bridgehead atoms. The molecule has 2 aromatic carbocycles. The van der Waals surface area contributed by atoms with Crippen LogP contribution in [0.5, 0.6) is 5.75 Å². The number of fused-ring (bicyclic) bond motifs is 1. The van der Waals surface area contributed by atoms with Gasteiger partial charge in [0, 0.05) is 17.5 Å². The van der Waals surface area contributed by atoms with Crippen LogP contribution < -0.4 is 10.1 Å². The Hall–Kier alpha value is -4.49. The first kappa shape index (κ1) is 21.7. The molecule has 164 valence electrons. The van der Waals surface area contributed by atoms with Crippen LogP contribution in [0.15, 0.2) is 48.7 Å². The fourth-order valence-corrected chi connectivity index (χ4v) is 3.55. The number of pyridine rings is 1. The molecule has 0 unspecified atom stereocenters. The Morgan fingerprint density at radius 3 is 2.79 bits per heavy atom. The van der Waals surface area contributed by atoms with Gasteiger partial charge in [0.25, 0.3) is 11.6 Å². The Kier molecular flexibility index (Phi) is 5.64. The Morgan fingerprint density at radius 1 is 1.30 bits per heavy atom. The number of nitrogens with zero attached hydrogens (tertiary/aromatic N) is 5. The summed E-state index contributed by atoms with van der Waals surface area (Å²) in [5.41, 5.74) is 1.12. The number of benzene rings is 2. The number of amides is 1. The topological polar surface area (TPSA) is 136 Å². The fourth-order valence-electron chi connectivity index (χ4n) is 3.35. The van der Waals surface area contributed by atoms with Gasteiger partial charge < -0.3 is 10.1 Å². The van der Waals surface area contributed by atoms with E-state index in [1.807, 2.05) is 25.1 Å². The number of ether oxygens (including phenoxy) is 1. The molecule has 0 radical (unpaired) electrons. The maximum Gasteiger partial charge on any atom is 0.270 e. The molecule has 1 N–H and O–H groups in total. The van der Waals surface area contributed by atoms with E-state index in [4.69, 9.17) is 16.3 Å². The van der Waals surface area contributed by atoms with Gasteiger partial charge in [-0.25, -0.2) is 4.98 Å². The molecule has 10 nitrogen and oxygen atoms in total. The lowest BCUT2D eigenvalue weighted by Crippen LogP contribution is -2.17. The van der Waals surface area contributed by atoms with E-state index in [0.29, 0.717) is 17.1 Å². The number of para-hydroxylation sites is 1. The fraction of sp³-hybridized carbons (Fsp3) is 0.0909. The summed E-state index contributed by atoms with van der Waals surface area (Å²) in [6.07, 6.45) is 1.29. The molecule has 1 amide bonds. The normalized spacial score (nSPS) is 10.6. The van der Waals surface area contributed by atoms with Gasteiger partial charge in [0.15, 0.2) is 11.6 Å². The van der Waals surface area contributed by atoms with Crippen LogP contribution in [-0.4, -0.2) is 32.7 Å². The van der Waals surface area contributed by atoms with E-state index in [-0.39, 0.29) is 27.7 Å². The Labute approximate surface area is 192 Å². The number of nitro benzene ring substituents is 1. The largest absolute Gasteiger partial charge is 0.494 e. The highest BCUT2D eigenvalue weighted by Crippen LogP contribution is 2.30. The minimum atomic E-state index is -0.739. The van der Waals surface area contributed by atoms with Crippen LogP contribution >= 0.6 is 11.6 Å². The Balaban J connectivity index is 1.82. The summed E-state index contributed by atoms with van der Waals surface area (Å²) in [5, 5.41) is 28.3. The number of nitro groups is 1. The Bertz CT molecular complexity index is 1470. The highest BCUT2D eigenvalue weighted by Gasteiger charge is 2.21. The summed E-state index contributed by atoms with van der Waals surface area (Å²) in [6.45, 7) is 1.89. The number of hydrogen-bond donors (Lipinski definition) is 1. The van der Waals surface area contributed by atoms with Gasteiger partial charge in [-0.2, -0.15) is 15.0 Å². The van der Waals surface area contributed by atoms with Crippen LogP contribution in [0.4, 0.5) is 11.5 Å². The number of hydrogen-bond acceptors (Lipinski definition) is 7. The number of halogens is 1. The standard InChI is InChI=1S/C22H15ClN6O4/c1-12-8-19(26-20-15(12)4-3-5-18(20)33-2)28-21(13(10-24)11-25-28)27-22(30)16-9-14(29(31)32)6-7-17(16)23/h3-9,11H,1-2H3,(H,27,30). The quantitative estimate of drug-likeness (QED) is 0.342. The van der Waals surface area contributed by atoms with Crippen molar-refractivity contribution in [3.8, 4) is 17.6 Å². The lowest BCUT2D eigenvalue weighted by molar-refractivity contribution is -0.384. The number of aromatic nitrogens is 3. The van der Waals surface area contributed by atoms with Gasteiger partial charge in [0.05, 0.1) is 28.8 Å². The van der Waals surface area contributed by atoms with E-state index in [9.17, 15) is 20.2 Å². The van der Waals surface area contributed by atoms with Crippen LogP contribution in [-0.2, 0) is 0 Å². The van der Waals surface area contributed by atoms with E-state index >= 15 is 0 Å². The summed E-state index contributed by atoms with van der Waals surface area (Å²) in [4.78, 5) is 28.0. The summed E-state index contributed by atoms with van der Waals surface area (Å²) in [5.74, 6) is 0.203. The minimum absolute atomic E-state index is 0.0204. The average molecular weight is 463 g/mol. The highest BCUT2D eigenvalue weighted by atomic mass is 35.5. The van der Waals surface area contributed by atoms with Crippen molar-refractivity contribution in [2.24, 2.45) is 0 Å². The number of methoxy groups -OCH3 is 1. The molecular weight excluding hydrogens is 448 g/mol. The van der Waals surface area contributed by atoms with E-state index in [0.717, 1.165) is 17.0 Å². The molecular formula is C22H15ClN6O4. The van der Waals surface area contributed by atoms with Gasteiger partial charge in [0.1, 0.15) is 22.9 Å². The van der Waals surface area contributed by atoms with Crippen molar-refractivity contribution >= 4 is 39.9 Å². The molecule has 4 aromatic rings. The van der Waals surface area contributed by atoms with Gasteiger partial charge in [-0.15, -0.1) is 0 Å². The van der Waals surface area contributed by atoms with Crippen LogP contribution in [0, 0.1) is 28.4 Å². The van der Waals surface area contributed by atoms with E-state index in [2.05, 4.69) is 15.4 Å². The molecule has 4 rings (SSSR count). The third kappa shape index (κ3) is 3.93. The number of carbonyl (C=O) groups excluding carboxylic acids is 1. The summed E-state index contributed by atoms with van der Waals surface area (Å²) in [7, 11) is 1.54. The number of nitriles is 1. The molecule has 11 heteroatoms. The van der Waals surface area contributed by atoms with Crippen molar-refractivity contribution in [3.05, 3.63) is 80.5 Å². The second-order valence-corrected chi connectivity index (χ2v) is 7.37. The first-order chi connectivity index (χ1) is 15.8. The molecule has 0 saturated carbocycles. The lowest BCUT2D eigenvalue weighted by atomic mass is 10.1. The molecule has 0 saturated heterocycles. The molecule has 0 spiro atoms. The number of rotatable bonds is 5. The van der Waals surface area contributed by atoms with Gasteiger partial charge in [-0.05, 0) is 30.7 Å². The first-order valence-corrected chi connectivity index (χ1v) is 9.90. The van der Waals surface area contributed by atoms with Crippen molar-refractivity contribution in [3.63, 3.8) is 0 Å². The predicted octanol–water partition coefficient (Wildman–Crippen LogP) is 4.42. The van der Waals surface area contributed by atoms with Crippen molar-refractivity contribution in [2.45, 2.75) is 6.92 Å². The number of carbonyl (C=O) groups is 1. The first-order valence-electron chi connectivity index (χ1n) is 9.52. The number of nitrogens with one attached hydrogen (secondary N) is 1. The summed E-state index contributed by atoms with van der Waals surface area (Å²) >= 11 is 6.09. The molecule has 0 aliphatic carbocycles. The van der Waals surface area contributed by atoms with Crippen molar-refractivity contribution in [1.29, 1.82) is 5.26 Å². The van der Waals surface area contributed by atoms with Crippen LogP contribution in [0.25, 0.3) is 16.7 Å². The zero-order valence-corrected chi connectivity index (χ0v) is 18.1. The van der Waals surface area contributed by atoms with Gasteiger partial charge >= 0.3 is 0 Å². The van der Waals surface area contributed by atoms with Crippen LogP contribution in [0.1, 0.15) is 21.5 Å². The molecule has 2 heterocycles. The minimum Gasteiger partial charge on any atom is -0.494 e. The monoisotopic (exact) mass is 462 g/mol. The van der Waals surface area contributed by atoms with E-state index in [1.165, 1.54) is 30.1 Å². The summed E-state index contributed by atoms with van der Waals surface area (Å²) < 4.78 is 6.72. The molecule has 0 aliphatic rings. The second kappa shape index (κ2) is 8.57. The smallest absolute Gasteiger partial charge is 0.270 e. The zero-order chi connectivity index (χ0) is 23.7. The van der Waals surface area contributed by atoms with E-state index in [1.54, 1.807) is 12.1 Å². The third-order valence-corrected chi connectivity index (χ3v) is 5.29. The van der Waals surface area contributed by atoms with Crippen LogP contribution in [0.3, 0.4) is 0 Å². The number of anilines is 1. The van der Waals surface area contributed by atoms with Gasteiger partial charge in [0.2, 0.25) is 0 Å². The zero-order valence-electron chi connectivity index (χ0n) is 17.4. The van der Waals surface area contributed by atoms with Gasteiger partial charge in [-0.3, -0.25) is 14.9 Å². The number of aryl methyl sites for hydroxylation is 1. The van der Waals surface area contributed by atoms with Crippen LogP contribution in [0.2, 0.25) is 5.02 Å². The predicted molar refractivity (Wildman–Crippen MR) is 121 cm³/mol. The lowest BCUT2D eigenvalue weighted by Gasteiger charge is -2.13. The average Bonchev–Trinajstić information content (AvgIpc) is 3.21. The van der Waals surface area contributed by atoms with Crippen molar-refractivity contribution in [1.82, 2.24) is 14.8 Å². The SMILES string of the molecule is COc1cccc2c(C)cc(-n3ncc(C#N)c3NC(=O)c3cc([N+](=O)[O-])ccc3Cl)nc12. The van der Waals surface area contributed by atoms with Crippen molar-refractivity contribution < 1.29 is 14.5 Å². The highest BCUT2D eigenvalue weighted by molar-refractivity contribution is 6.34.